The molecule has 4 rings (SSSR count). The van der Waals surface area contributed by atoms with Crippen molar-refractivity contribution in [2.24, 2.45) is 0 Å². The maximum absolute atomic E-state index is 12.8. The maximum Gasteiger partial charge on any atom is 0.262 e. The van der Waals surface area contributed by atoms with E-state index in [1.807, 2.05) is 26.0 Å². The van der Waals surface area contributed by atoms with Gasteiger partial charge in [-0.15, -0.1) is 0 Å². The van der Waals surface area contributed by atoms with Gasteiger partial charge in [0.1, 0.15) is 16.9 Å². The predicted molar refractivity (Wildman–Crippen MR) is 118 cm³/mol. The van der Waals surface area contributed by atoms with Crippen LogP contribution in [0.25, 0.3) is 16.7 Å². The minimum atomic E-state index is -0.250. The van der Waals surface area contributed by atoms with Crippen molar-refractivity contribution < 1.29 is 0 Å². The molecule has 0 saturated heterocycles. The highest BCUT2D eigenvalue weighted by Crippen LogP contribution is 2.33. The number of aromatic amines is 1. The number of benzene rings is 2. The summed E-state index contributed by atoms with van der Waals surface area (Å²) >= 11 is 18.8. The zero-order valence-electron chi connectivity index (χ0n) is 16.0. The number of rotatable bonds is 3. The molecule has 1 N–H and O–H groups in total. The molecule has 0 aliphatic rings. The molecule has 2 aromatic carbocycles. The number of hydrogen-bond donors (Lipinski definition) is 1. The molecule has 0 spiro atoms. The van der Waals surface area contributed by atoms with E-state index in [0.29, 0.717) is 49.7 Å². The molecule has 5 nitrogen and oxygen atoms in total. The normalized spacial score (nSPS) is 11.4. The van der Waals surface area contributed by atoms with Crippen molar-refractivity contribution in [3.05, 3.63) is 84.0 Å². The molecule has 0 saturated carbocycles. The van der Waals surface area contributed by atoms with Gasteiger partial charge in [0.15, 0.2) is 5.65 Å². The first-order valence-corrected chi connectivity index (χ1v) is 10.1. The largest absolute Gasteiger partial charge is 0.310 e. The van der Waals surface area contributed by atoms with Crippen LogP contribution in [0, 0.1) is 20.8 Å². The number of nitrogens with one attached hydrogen (secondary N) is 1. The van der Waals surface area contributed by atoms with E-state index in [4.69, 9.17) is 39.8 Å². The SMILES string of the molecule is Cc1ccc(Cc2nc3c(c(C)nn3-c3c(Cl)cc(Cl)cc3Cl)c(=O)[nH]2)c(C)c1. The highest BCUT2D eigenvalue weighted by atomic mass is 35.5. The van der Waals surface area contributed by atoms with Gasteiger partial charge in [0, 0.05) is 11.4 Å². The van der Waals surface area contributed by atoms with Gasteiger partial charge in [-0.25, -0.2) is 9.67 Å². The standard InChI is InChI=1S/C21H17Cl3N4O/c1-10-4-5-13(11(2)6-10)7-17-25-20-18(21(29)26-17)12(3)27-28(20)19-15(23)8-14(22)9-16(19)24/h4-6,8-9H,7H2,1-3H3,(H,25,26,29). The van der Waals surface area contributed by atoms with E-state index in [2.05, 4.69) is 16.1 Å². The van der Waals surface area contributed by atoms with E-state index >= 15 is 0 Å². The Morgan fingerprint density at radius 1 is 1.03 bits per heavy atom. The van der Waals surface area contributed by atoms with E-state index < -0.39 is 0 Å². The summed E-state index contributed by atoms with van der Waals surface area (Å²) in [5, 5.41) is 5.93. The minimum Gasteiger partial charge on any atom is -0.310 e. The fraction of sp³-hybridized carbons (Fsp3) is 0.190. The molecular formula is C21H17Cl3N4O. The Balaban J connectivity index is 1.91. The second-order valence-electron chi connectivity index (χ2n) is 7.03. The fourth-order valence-electron chi connectivity index (χ4n) is 3.43. The lowest BCUT2D eigenvalue weighted by atomic mass is 10.0. The van der Waals surface area contributed by atoms with Crippen molar-refractivity contribution >= 4 is 45.8 Å². The average molecular weight is 448 g/mol. The lowest BCUT2D eigenvalue weighted by Gasteiger charge is -2.10. The molecule has 0 fully saturated rings. The topological polar surface area (TPSA) is 63.6 Å². The fourth-order valence-corrected chi connectivity index (χ4v) is 4.41. The average Bonchev–Trinajstić information content (AvgIpc) is 2.93. The van der Waals surface area contributed by atoms with Crippen molar-refractivity contribution in [2.45, 2.75) is 27.2 Å². The molecule has 2 aromatic heterocycles. The van der Waals surface area contributed by atoms with Crippen LogP contribution in [-0.2, 0) is 6.42 Å². The summed E-state index contributed by atoms with van der Waals surface area (Å²) in [6.07, 6.45) is 0.490. The third kappa shape index (κ3) is 3.66. The van der Waals surface area contributed by atoms with Crippen LogP contribution in [0.2, 0.25) is 15.1 Å². The van der Waals surface area contributed by atoms with Gasteiger partial charge in [-0.2, -0.15) is 5.10 Å². The molecule has 29 heavy (non-hydrogen) atoms. The van der Waals surface area contributed by atoms with Gasteiger partial charge in [0.05, 0.1) is 15.7 Å². The van der Waals surface area contributed by atoms with Crippen LogP contribution < -0.4 is 5.56 Å². The summed E-state index contributed by atoms with van der Waals surface area (Å²) in [4.78, 5) is 20.4. The van der Waals surface area contributed by atoms with E-state index in [-0.39, 0.29) is 5.56 Å². The Morgan fingerprint density at radius 2 is 1.72 bits per heavy atom. The van der Waals surface area contributed by atoms with E-state index in [9.17, 15) is 4.79 Å². The van der Waals surface area contributed by atoms with Gasteiger partial charge in [0.25, 0.3) is 5.56 Å². The van der Waals surface area contributed by atoms with E-state index in [1.54, 1.807) is 19.1 Å². The Hall–Kier alpha value is -2.34. The molecule has 0 aliphatic heterocycles. The Morgan fingerprint density at radius 3 is 2.38 bits per heavy atom. The zero-order valence-corrected chi connectivity index (χ0v) is 18.2. The van der Waals surface area contributed by atoms with Gasteiger partial charge >= 0.3 is 0 Å². The number of aromatic nitrogens is 4. The highest BCUT2D eigenvalue weighted by molar-refractivity contribution is 6.40. The molecule has 0 bridgehead atoms. The number of aryl methyl sites for hydroxylation is 3. The van der Waals surface area contributed by atoms with Crippen molar-refractivity contribution in [2.75, 3.05) is 0 Å². The molecule has 0 amide bonds. The van der Waals surface area contributed by atoms with Gasteiger partial charge in [-0.3, -0.25) is 4.79 Å². The third-order valence-electron chi connectivity index (χ3n) is 4.81. The summed E-state index contributed by atoms with van der Waals surface area (Å²) in [7, 11) is 0. The number of fused-ring (bicyclic) bond motifs is 1. The highest BCUT2D eigenvalue weighted by Gasteiger charge is 2.20. The molecule has 8 heteroatoms. The molecular weight excluding hydrogens is 431 g/mol. The van der Waals surface area contributed by atoms with Crippen LogP contribution in [0.5, 0.6) is 0 Å². The second-order valence-corrected chi connectivity index (χ2v) is 8.28. The monoisotopic (exact) mass is 446 g/mol. The van der Waals surface area contributed by atoms with Crippen LogP contribution in [-0.4, -0.2) is 19.7 Å². The van der Waals surface area contributed by atoms with E-state index in [0.717, 1.165) is 11.1 Å². The molecule has 0 radical (unpaired) electrons. The predicted octanol–water partition coefficient (Wildman–Crippen LogP) is 5.59. The molecule has 0 aliphatic carbocycles. The zero-order chi connectivity index (χ0) is 20.9. The molecule has 0 unspecified atom stereocenters. The first-order valence-electron chi connectivity index (χ1n) is 8.94. The van der Waals surface area contributed by atoms with Crippen molar-refractivity contribution in [1.82, 2.24) is 19.7 Å². The number of H-pyrrole nitrogens is 1. The first kappa shape index (κ1) is 20.0. The minimum absolute atomic E-state index is 0.250. The van der Waals surface area contributed by atoms with Crippen LogP contribution in [0.3, 0.4) is 0 Å². The smallest absolute Gasteiger partial charge is 0.262 e. The van der Waals surface area contributed by atoms with Crippen molar-refractivity contribution in [3.63, 3.8) is 0 Å². The molecule has 2 heterocycles. The molecule has 0 atom stereocenters. The van der Waals surface area contributed by atoms with Gasteiger partial charge < -0.3 is 4.98 Å². The summed E-state index contributed by atoms with van der Waals surface area (Å²) in [5.41, 5.74) is 4.53. The summed E-state index contributed by atoms with van der Waals surface area (Å²) in [5.74, 6) is 0.539. The lowest BCUT2D eigenvalue weighted by molar-refractivity contribution is 0.865. The second kappa shape index (κ2) is 7.48. The van der Waals surface area contributed by atoms with Crippen molar-refractivity contribution in [3.8, 4) is 5.69 Å². The van der Waals surface area contributed by atoms with Crippen LogP contribution in [0.1, 0.15) is 28.2 Å². The molecule has 4 aromatic rings. The summed E-state index contributed by atoms with van der Waals surface area (Å²) in [6, 6.07) is 9.35. The lowest BCUT2D eigenvalue weighted by Crippen LogP contribution is -2.13. The maximum atomic E-state index is 12.8. The van der Waals surface area contributed by atoms with Crippen LogP contribution in [0.15, 0.2) is 35.1 Å². The number of halogens is 3. The van der Waals surface area contributed by atoms with Gasteiger partial charge in [-0.05, 0) is 44.0 Å². The van der Waals surface area contributed by atoms with E-state index in [1.165, 1.54) is 10.2 Å². The Kier molecular flexibility index (Phi) is 5.15. The van der Waals surface area contributed by atoms with Crippen LogP contribution in [0.4, 0.5) is 0 Å². The Bertz CT molecular complexity index is 1300. The Labute approximate surface area is 182 Å². The molecule has 148 valence electrons. The van der Waals surface area contributed by atoms with Gasteiger partial charge in [-0.1, -0.05) is 58.6 Å². The summed E-state index contributed by atoms with van der Waals surface area (Å²) < 4.78 is 1.51. The summed E-state index contributed by atoms with van der Waals surface area (Å²) in [6.45, 7) is 5.84. The van der Waals surface area contributed by atoms with Crippen molar-refractivity contribution in [1.29, 1.82) is 0 Å². The first-order chi connectivity index (χ1) is 13.7. The number of nitrogens with zero attached hydrogens (tertiary/aromatic N) is 3. The van der Waals surface area contributed by atoms with Gasteiger partial charge in [0.2, 0.25) is 0 Å². The number of hydrogen-bond acceptors (Lipinski definition) is 3. The van der Waals surface area contributed by atoms with Crippen LogP contribution >= 0.6 is 34.8 Å². The quantitative estimate of drug-likeness (QED) is 0.445. The third-order valence-corrected chi connectivity index (χ3v) is 5.61.